The molecule has 0 aliphatic heterocycles. The van der Waals surface area contributed by atoms with E-state index in [1.807, 2.05) is 55.1 Å². The van der Waals surface area contributed by atoms with E-state index in [0.29, 0.717) is 6.42 Å². The molecule has 1 N–H and O–H groups in total. The van der Waals surface area contributed by atoms with Gasteiger partial charge in [-0.15, -0.1) is 0 Å². The van der Waals surface area contributed by atoms with E-state index in [4.69, 9.17) is 0 Å². The molecule has 0 aliphatic carbocycles. The summed E-state index contributed by atoms with van der Waals surface area (Å²) in [6.45, 7) is 1.86. The molecule has 2 rings (SSSR count). The normalized spacial score (nSPS) is 14.5. The van der Waals surface area contributed by atoms with E-state index in [2.05, 4.69) is 5.10 Å². The van der Waals surface area contributed by atoms with Crippen LogP contribution in [0.4, 0.5) is 0 Å². The number of benzene rings is 1. The first-order chi connectivity index (χ1) is 8.09. The van der Waals surface area contributed by atoms with Crippen molar-refractivity contribution in [3.8, 4) is 0 Å². The molecule has 1 unspecified atom stereocenters. The standard InChI is InChI=1S/C14H18N2O/c1-14(17,12-6-4-3-5-7-12)10-8-13-9-11-15-16(13)2/h3-7,9,11,17H,8,10H2,1-2H3. The molecule has 3 nitrogen and oxygen atoms in total. The average Bonchev–Trinajstić information content (AvgIpc) is 2.74. The van der Waals surface area contributed by atoms with Crippen molar-refractivity contribution in [1.82, 2.24) is 9.78 Å². The molecule has 0 bridgehead atoms. The Kier molecular flexibility index (Phi) is 3.29. The lowest BCUT2D eigenvalue weighted by atomic mass is 9.90. The smallest absolute Gasteiger partial charge is 0.0872 e. The Morgan fingerprint density at radius 3 is 2.53 bits per heavy atom. The SMILES string of the molecule is Cn1nccc1CCC(C)(O)c1ccccc1. The Hall–Kier alpha value is -1.61. The van der Waals surface area contributed by atoms with Gasteiger partial charge in [-0.1, -0.05) is 30.3 Å². The van der Waals surface area contributed by atoms with Gasteiger partial charge in [0.1, 0.15) is 0 Å². The summed E-state index contributed by atoms with van der Waals surface area (Å²) in [5.74, 6) is 0. The first-order valence-electron chi connectivity index (χ1n) is 5.84. The quantitative estimate of drug-likeness (QED) is 0.875. The molecular weight excluding hydrogens is 212 g/mol. The topological polar surface area (TPSA) is 38.0 Å². The Morgan fingerprint density at radius 1 is 1.24 bits per heavy atom. The summed E-state index contributed by atoms with van der Waals surface area (Å²) in [4.78, 5) is 0. The van der Waals surface area contributed by atoms with E-state index in [-0.39, 0.29) is 0 Å². The van der Waals surface area contributed by atoms with Crippen LogP contribution in [0.15, 0.2) is 42.6 Å². The number of hydrogen-bond donors (Lipinski definition) is 1. The summed E-state index contributed by atoms with van der Waals surface area (Å²) < 4.78 is 1.85. The third-order valence-corrected chi connectivity index (χ3v) is 3.19. The van der Waals surface area contributed by atoms with Gasteiger partial charge in [0.25, 0.3) is 0 Å². The summed E-state index contributed by atoms with van der Waals surface area (Å²) >= 11 is 0. The molecular formula is C14H18N2O. The van der Waals surface area contributed by atoms with Crippen molar-refractivity contribution in [3.63, 3.8) is 0 Å². The predicted octanol–water partition coefficient (Wildman–Crippen LogP) is 2.26. The van der Waals surface area contributed by atoms with Crippen LogP contribution in [0.25, 0.3) is 0 Å². The van der Waals surface area contributed by atoms with E-state index in [1.165, 1.54) is 0 Å². The van der Waals surface area contributed by atoms with Gasteiger partial charge in [0.15, 0.2) is 0 Å². The summed E-state index contributed by atoms with van der Waals surface area (Å²) in [5.41, 5.74) is 1.31. The fourth-order valence-electron chi connectivity index (χ4n) is 1.96. The molecule has 1 aromatic carbocycles. The largest absolute Gasteiger partial charge is 0.385 e. The van der Waals surface area contributed by atoms with Crippen LogP contribution in [0.1, 0.15) is 24.6 Å². The van der Waals surface area contributed by atoms with Crippen LogP contribution in [0.2, 0.25) is 0 Å². The monoisotopic (exact) mass is 230 g/mol. The van der Waals surface area contributed by atoms with E-state index < -0.39 is 5.60 Å². The number of rotatable bonds is 4. The van der Waals surface area contributed by atoms with Crippen molar-refractivity contribution in [1.29, 1.82) is 0 Å². The van der Waals surface area contributed by atoms with Crippen LogP contribution in [0.3, 0.4) is 0 Å². The van der Waals surface area contributed by atoms with Crippen LogP contribution in [-0.4, -0.2) is 14.9 Å². The second-order valence-electron chi connectivity index (χ2n) is 4.59. The highest BCUT2D eigenvalue weighted by molar-refractivity contribution is 5.21. The van der Waals surface area contributed by atoms with Crippen LogP contribution in [0.5, 0.6) is 0 Å². The highest BCUT2D eigenvalue weighted by Crippen LogP contribution is 2.25. The first-order valence-corrected chi connectivity index (χ1v) is 5.84. The van der Waals surface area contributed by atoms with Gasteiger partial charge in [-0.3, -0.25) is 4.68 Å². The molecule has 1 atom stereocenters. The first kappa shape index (κ1) is 11.9. The van der Waals surface area contributed by atoms with Crippen LogP contribution >= 0.6 is 0 Å². The zero-order chi connectivity index (χ0) is 12.3. The number of aliphatic hydroxyl groups is 1. The van der Waals surface area contributed by atoms with Gasteiger partial charge in [0.05, 0.1) is 5.60 Å². The van der Waals surface area contributed by atoms with Crippen molar-refractivity contribution >= 4 is 0 Å². The van der Waals surface area contributed by atoms with Crippen LogP contribution < -0.4 is 0 Å². The molecule has 1 aromatic heterocycles. The second kappa shape index (κ2) is 4.72. The van der Waals surface area contributed by atoms with Crippen molar-refractivity contribution in [3.05, 3.63) is 53.9 Å². The number of nitrogens with zero attached hydrogens (tertiary/aromatic N) is 2. The molecule has 2 aromatic rings. The van der Waals surface area contributed by atoms with E-state index in [9.17, 15) is 5.11 Å². The molecule has 3 heteroatoms. The summed E-state index contributed by atoms with van der Waals surface area (Å²) in [6, 6.07) is 11.8. The minimum atomic E-state index is -0.786. The zero-order valence-electron chi connectivity index (χ0n) is 10.3. The lowest BCUT2D eigenvalue weighted by molar-refractivity contribution is 0.0476. The minimum absolute atomic E-state index is 0.691. The number of aromatic nitrogens is 2. The van der Waals surface area contributed by atoms with E-state index in [0.717, 1.165) is 17.7 Å². The number of hydrogen-bond acceptors (Lipinski definition) is 2. The van der Waals surface area contributed by atoms with Gasteiger partial charge in [-0.05, 0) is 31.4 Å². The lowest BCUT2D eigenvalue weighted by Crippen LogP contribution is -2.22. The maximum atomic E-state index is 10.4. The van der Waals surface area contributed by atoms with Gasteiger partial charge < -0.3 is 5.11 Å². The fraction of sp³-hybridized carbons (Fsp3) is 0.357. The van der Waals surface area contributed by atoms with Crippen LogP contribution in [-0.2, 0) is 19.1 Å². The minimum Gasteiger partial charge on any atom is -0.385 e. The Morgan fingerprint density at radius 2 is 1.94 bits per heavy atom. The fourth-order valence-corrected chi connectivity index (χ4v) is 1.96. The summed E-state index contributed by atoms with van der Waals surface area (Å²) in [6.07, 6.45) is 3.29. The molecule has 0 fully saturated rings. The second-order valence-corrected chi connectivity index (χ2v) is 4.59. The van der Waals surface area contributed by atoms with Gasteiger partial charge in [0.2, 0.25) is 0 Å². The molecule has 1 heterocycles. The third-order valence-electron chi connectivity index (χ3n) is 3.19. The molecule has 0 saturated carbocycles. The number of aryl methyl sites for hydroxylation is 2. The molecule has 0 spiro atoms. The predicted molar refractivity (Wildman–Crippen MR) is 67.5 cm³/mol. The Balaban J connectivity index is 2.06. The van der Waals surface area contributed by atoms with Crippen LogP contribution in [0, 0.1) is 0 Å². The maximum absolute atomic E-state index is 10.4. The van der Waals surface area contributed by atoms with Gasteiger partial charge in [-0.25, -0.2) is 0 Å². The van der Waals surface area contributed by atoms with E-state index >= 15 is 0 Å². The van der Waals surface area contributed by atoms with E-state index in [1.54, 1.807) is 6.20 Å². The highest BCUT2D eigenvalue weighted by Gasteiger charge is 2.22. The van der Waals surface area contributed by atoms with Crippen molar-refractivity contribution < 1.29 is 5.11 Å². The van der Waals surface area contributed by atoms with Gasteiger partial charge in [0, 0.05) is 18.9 Å². The Labute approximate surface area is 102 Å². The Bertz CT molecular complexity index is 474. The zero-order valence-corrected chi connectivity index (χ0v) is 10.3. The van der Waals surface area contributed by atoms with Crippen molar-refractivity contribution in [2.24, 2.45) is 7.05 Å². The molecule has 0 radical (unpaired) electrons. The molecule has 0 amide bonds. The van der Waals surface area contributed by atoms with Crippen molar-refractivity contribution in [2.45, 2.75) is 25.4 Å². The molecule has 90 valence electrons. The highest BCUT2D eigenvalue weighted by atomic mass is 16.3. The molecule has 0 saturated heterocycles. The lowest BCUT2D eigenvalue weighted by Gasteiger charge is -2.23. The molecule has 17 heavy (non-hydrogen) atoms. The van der Waals surface area contributed by atoms with Crippen molar-refractivity contribution in [2.75, 3.05) is 0 Å². The third kappa shape index (κ3) is 2.74. The van der Waals surface area contributed by atoms with Gasteiger partial charge in [-0.2, -0.15) is 5.10 Å². The van der Waals surface area contributed by atoms with Gasteiger partial charge >= 0.3 is 0 Å². The average molecular weight is 230 g/mol. The summed E-state index contributed by atoms with van der Waals surface area (Å²) in [7, 11) is 1.92. The summed E-state index contributed by atoms with van der Waals surface area (Å²) in [5, 5.41) is 14.6. The maximum Gasteiger partial charge on any atom is 0.0872 e. The molecule has 0 aliphatic rings.